The van der Waals surface area contributed by atoms with Crippen LogP contribution in [-0.2, 0) is 11.3 Å². The molecule has 1 aromatic heterocycles. The van der Waals surface area contributed by atoms with Crippen molar-refractivity contribution in [1.29, 1.82) is 0 Å². The molecule has 1 fully saturated rings. The van der Waals surface area contributed by atoms with Gasteiger partial charge in [-0.1, -0.05) is 0 Å². The fraction of sp³-hybridized carbons (Fsp3) is 0.222. The van der Waals surface area contributed by atoms with Gasteiger partial charge in [-0.25, -0.2) is 14.2 Å². The molecule has 2 heterocycles. The van der Waals surface area contributed by atoms with Crippen LogP contribution in [0.5, 0.6) is 17.2 Å². The first-order chi connectivity index (χ1) is 18.1. The molecule has 10 heteroatoms. The Kier molecular flexibility index (Phi) is 7.38. The summed E-state index contributed by atoms with van der Waals surface area (Å²) in [6, 6.07) is 15.8. The van der Waals surface area contributed by atoms with Crippen LogP contribution in [-0.4, -0.2) is 54.3 Å². The minimum atomic E-state index is -0.616. The average molecular weight is 504 g/mol. The number of amides is 2. The summed E-state index contributed by atoms with van der Waals surface area (Å²) in [7, 11) is 1.56. The van der Waals surface area contributed by atoms with Crippen LogP contribution in [0.2, 0.25) is 0 Å². The maximum atomic E-state index is 14.8. The highest BCUT2D eigenvalue weighted by Crippen LogP contribution is 2.28. The highest BCUT2D eigenvalue weighted by molar-refractivity contribution is 5.99. The molecule has 1 aliphatic heterocycles. The van der Waals surface area contributed by atoms with Gasteiger partial charge in [0.05, 0.1) is 43.2 Å². The smallest absolute Gasteiger partial charge is 0.323 e. The Balaban J connectivity index is 1.23. The van der Waals surface area contributed by atoms with Crippen LogP contribution < -0.4 is 20.1 Å². The zero-order valence-electron chi connectivity index (χ0n) is 20.2. The zero-order chi connectivity index (χ0) is 25.6. The average Bonchev–Trinajstić information content (AvgIpc) is 2.91. The topological polar surface area (TPSA) is 97.8 Å². The number of hydrogen-bond donors (Lipinski definition) is 2. The summed E-state index contributed by atoms with van der Waals surface area (Å²) in [5.41, 5.74) is 3.10. The van der Waals surface area contributed by atoms with E-state index in [2.05, 4.69) is 20.5 Å². The molecule has 37 heavy (non-hydrogen) atoms. The number of halogens is 1. The van der Waals surface area contributed by atoms with Gasteiger partial charge in [0.15, 0.2) is 11.6 Å². The van der Waals surface area contributed by atoms with Crippen LogP contribution in [0, 0.1) is 5.82 Å². The number of benzene rings is 3. The standard InChI is InChI=1S/C27H26FN5O4/c1-35-21-5-2-18(3-6-21)31-27(34)32-19-4-9-26(23(28)14-19)37-22-7-8-24-25(15-22)30-20(16-29-24)17-33-10-12-36-13-11-33/h2-9,14-16H,10-13,17H2,1H3,(H2,31,32,34). The Hall–Kier alpha value is -4.28. The number of nitrogens with zero attached hydrogens (tertiary/aromatic N) is 3. The Bertz CT molecular complexity index is 1390. The lowest BCUT2D eigenvalue weighted by Crippen LogP contribution is -2.35. The number of hydrogen-bond acceptors (Lipinski definition) is 7. The molecule has 0 spiro atoms. The summed E-state index contributed by atoms with van der Waals surface area (Å²) in [5, 5.41) is 5.29. The predicted octanol–water partition coefficient (Wildman–Crippen LogP) is 5.05. The van der Waals surface area contributed by atoms with E-state index in [0.717, 1.165) is 24.3 Å². The number of rotatable bonds is 7. The molecular weight excluding hydrogens is 477 g/mol. The lowest BCUT2D eigenvalue weighted by atomic mass is 10.2. The van der Waals surface area contributed by atoms with Crippen molar-refractivity contribution in [2.75, 3.05) is 44.0 Å². The molecule has 0 bridgehead atoms. The van der Waals surface area contributed by atoms with E-state index in [1.165, 1.54) is 12.1 Å². The number of fused-ring (bicyclic) bond motifs is 1. The largest absolute Gasteiger partial charge is 0.497 e. The number of morpholine rings is 1. The monoisotopic (exact) mass is 503 g/mol. The van der Waals surface area contributed by atoms with Crippen LogP contribution >= 0.6 is 0 Å². The van der Waals surface area contributed by atoms with Crippen molar-refractivity contribution in [3.8, 4) is 17.2 Å². The fourth-order valence-corrected chi connectivity index (χ4v) is 3.91. The molecule has 2 amide bonds. The lowest BCUT2D eigenvalue weighted by Gasteiger charge is -2.26. The van der Waals surface area contributed by atoms with Gasteiger partial charge in [-0.3, -0.25) is 9.88 Å². The molecule has 3 aromatic carbocycles. The number of carbonyl (C=O) groups is 1. The van der Waals surface area contributed by atoms with Gasteiger partial charge in [-0.05, 0) is 48.5 Å². The first kappa shape index (κ1) is 24.4. The number of carbonyl (C=O) groups excluding carboxylic acids is 1. The van der Waals surface area contributed by atoms with Gasteiger partial charge in [0, 0.05) is 43.1 Å². The lowest BCUT2D eigenvalue weighted by molar-refractivity contribution is 0.0336. The molecule has 1 aliphatic rings. The minimum Gasteiger partial charge on any atom is -0.497 e. The van der Waals surface area contributed by atoms with Crippen LogP contribution in [0.4, 0.5) is 20.6 Å². The van der Waals surface area contributed by atoms with Gasteiger partial charge in [-0.2, -0.15) is 0 Å². The van der Waals surface area contributed by atoms with Crippen molar-refractivity contribution in [2.24, 2.45) is 0 Å². The highest BCUT2D eigenvalue weighted by Gasteiger charge is 2.13. The first-order valence-corrected chi connectivity index (χ1v) is 11.8. The second-order valence-electron chi connectivity index (χ2n) is 8.46. The Morgan fingerprint density at radius 3 is 2.46 bits per heavy atom. The van der Waals surface area contributed by atoms with E-state index in [-0.39, 0.29) is 11.4 Å². The molecule has 0 aliphatic carbocycles. The van der Waals surface area contributed by atoms with Gasteiger partial charge in [0.25, 0.3) is 0 Å². The van der Waals surface area contributed by atoms with E-state index in [1.54, 1.807) is 61.8 Å². The third-order valence-electron chi connectivity index (χ3n) is 5.82. The summed E-state index contributed by atoms with van der Waals surface area (Å²) in [4.78, 5) is 23.7. The second kappa shape index (κ2) is 11.2. The molecule has 0 saturated carbocycles. The molecule has 2 N–H and O–H groups in total. The van der Waals surface area contributed by atoms with Crippen LogP contribution in [0.3, 0.4) is 0 Å². The summed E-state index contributed by atoms with van der Waals surface area (Å²) in [6.07, 6.45) is 1.77. The van der Waals surface area contributed by atoms with E-state index in [9.17, 15) is 9.18 Å². The summed E-state index contributed by atoms with van der Waals surface area (Å²) >= 11 is 0. The molecule has 4 aromatic rings. The Labute approximate surface area is 213 Å². The highest BCUT2D eigenvalue weighted by atomic mass is 19.1. The summed E-state index contributed by atoms with van der Waals surface area (Å²) in [6.45, 7) is 3.83. The quantitative estimate of drug-likeness (QED) is 0.364. The van der Waals surface area contributed by atoms with E-state index in [1.807, 2.05) is 0 Å². The van der Waals surface area contributed by atoms with Crippen molar-refractivity contribution in [3.05, 3.63) is 78.4 Å². The number of anilines is 2. The SMILES string of the molecule is COc1ccc(NC(=O)Nc2ccc(Oc3ccc4ncc(CN5CCOCC5)nc4c3)c(F)c2)cc1. The zero-order valence-corrected chi connectivity index (χ0v) is 20.2. The predicted molar refractivity (Wildman–Crippen MR) is 138 cm³/mol. The number of methoxy groups -OCH3 is 1. The van der Waals surface area contributed by atoms with Crippen molar-refractivity contribution in [1.82, 2.24) is 14.9 Å². The molecule has 1 saturated heterocycles. The van der Waals surface area contributed by atoms with Crippen LogP contribution in [0.15, 0.2) is 66.9 Å². The maximum absolute atomic E-state index is 14.8. The van der Waals surface area contributed by atoms with E-state index in [0.29, 0.717) is 42.5 Å². The molecule has 0 atom stereocenters. The molecule has 0 radical (unpaired) electrons. The number of ether oxygens (including phenoxy) is 3. The van der Waals surface area contributed by atoms with E-state index in [4.69, 9.17) is 19.2 Å². The summed E-state index contributed by atoms with van der Waals surface area (Å²) in [5.74, 6) is 0.519. The number of aromatic nitrogens is 2. The van der Waals surface area contributed by atoms with Gasteiger partial charge in [0.1, 0.15) is 11.5 Å². The third kappa shape index (κ3) is 6.29. The Morgan fingerprint density at radius 1 is 0.973 bits per heavy atom. The van der Waals surface area contributed by atoms with Gasteiger partial charge < -0.3 is 24.8 Å². The molecule has 190 valence electrons. The molecule has 5 rings (SSSR count). The summed E-state index contributed by atoms with van der Waals surface area (Å²) < 4.78 is 31.0. The number of urea groups is 1. The fourth-order valence-electron chi connectivity index (χ4n) is 3.91. The van der Waals surface area contributed by atoms with Gasteiger partial charge >= 0.3 is 6.03 Å². The normalized spacial score (nSPS) is 13.8. The first-order valence-electron chi connectivity index (χ1n) is 11.8. The maximum Gasteiger partial charge on any atom is 0.323 e. The van der Waals surface area contributed by atoms with Gasteiger partial charge in [0.2, 0.25) is 0 Å². The van der Waals surface area contributed by atoms with Crippen molar-refractivity contribution < 1.29 is 23.4 Å². The van der Waals surface area contributed by atoms with Crippen molar-refractivity contribution in [2.45, 2.75) is 6.54 Å². The molecule has 0 unspecified atom stereocenters. The van der Waals surface area contributed by atoms with Crippen molar-refractivity contribution >= 4 is 28.4 Å². The molecular formula is C27H26FN5O4. The van der Waals surface area contributed by atoms with Crippen molar-refractivity contribution in [3.63, 3.8) is 0 Å². The third-order valence-corrected chi connectivity index (χ3v) is 5.82. The number of nitrogens with one attached hydrogen (secondary N) is 2. The second-order valence-corrected chi connectivity index (χ2v) is 8.46. The van der Waals surface area contributed by atoms with Crippen LogP contribution in [0.25, 0.3) is 11.0 Å². The minimum absolute atomic E-state index is 0.0258. The Morgan fingerprint density at radius 2 is 1.70 bits per heavy atom. The van der Waals surface area contributed by atoms with Gasteiger partial charge in [-0.15, -0.1) is 0 Å². The molecule has 9 nitrogen and oxygen atoms in total. The van der Waals surface area contributed by atoms with E-state index < -0.39 is 11.8 Å². The van der Waals surface area contributed by atoms with Crippen LogP contribution in [0.1, 0.15) is 5.69 Å². The van der Waals surface area contributed by atoms with E-state index >= 15 is 0 Å².